The molecule has 0 aromatic carbocycles. The molecule has 6 rings (SSSR count). The summed E-state index contributed by atoms with van der Waals surface area (Å²) in [6.45, 7) is 0. The summed E-state index contributed by atoms with van der Waals surface area (Å²) in [4.78, 5) is 0. The number of aromatic amines is 4. The molecule has 0 saturated carbocycles. The van der Waals surface area contributed by atoms with Crippen molar-refractivity contribution in [1.82, 2.24) is 68.7 Å². The van der Waals surface area contributed by atoms with E-state index in [-0.39, 0.29) is 59.1 Å². The van der Waals surface area contributed by atoms with Gasteiger partial charge in [0.2, 0.25) is 0 Å². The van der Waals surface area contributed by atoms with Gasteiger partial charge in [0.1, 0.15) is 31.0 Å². The molecule has 0 unspecified atom stereocenters. The molecule has 0 amide bonds. The Labute approximate surface area is 235 Å². The van der Waals surface area contributed by atoms with E-state index in [1.807, 2.05) is 38.6 Å². The summed E-state index contributed by atoms with van der Waals surface area (Å²) in [6.07, 6.45) is 20.9. The van der Waals surface area contributed by atoms with Gasteiger partial charge in [-0.3, -0.25) is 18.4 Å². The molecule has 0 bridgehead atoms. The molecule has 0 fully saturated rings. The molecule has 0 spiro atoms. The van der Waals surface area contributed by atoms with Gasteiger partial charge in [-0.05, 0) is 0 Å². The van der Waals surface area contributed by atoms with Crippen molar-refractivity contribution in [1.29, 1.82) is 0 Å². The summed E-state index contributed by atoms with van der Waals surface area (Å²) >= 11 is 0. The van der Waals surface area contributed by atoms with E-state index < -0.39 is 14.2 Å². The Morgan fingerprint density at radius 3 is 1.35 bits per heavy atom. The molecule has 0 aliphatic carbocycles. The average Bonchev–Trinajstić information content (AvgIpc) is 3.67. The van der Waals surface area contributed by atoms with Crippen molar-refractivity contribution < 1.29 is 79.9 Å². The number of nitrogens with one attached hydrogen (secondary N) is 4. The van der Waals surface area contributed by atoms with E-state index in [2.05, 4.69) is 61.9 Å². The van der Waals surface area contributed by atoms with Crippen molar-refractivity contribution in [2.75, 3.05) is 0 Å². The molecule has 160 valence electrons. The van der Waals surface area contributed by atoms with Crippen molar-refractivity contribution in [3.05, 3.63) is 74.4 Å². The van der Waals surface area contributed by atoms with Crippen LogP contribution in [0.1, 0.15) is 0 Å². The van der Waals surface area contributed by atoms with Crippen molar-refractivity contribution >= 4 is 14.2 Å². The Hall–Kier alpha value is -3.03. The Balaban J connectivity index is 0.000000180. The SMILES string of the molecule is [Na+].[Na+].c1cn([BH-](n2ccn[nH+]2)n2ccn[nH+]2)[nH+]n1.c1cn([BH-](n2ccnn2)n2cc[nH+]n2)nn1. The molecule has 22 heteroatoms. The number of rotatable bonds is 6. The van der Waals surface area contributed by atoms with E-state index in [0.717, 1.165) is 0 Å². The number of hydrogen-bond acceptors (Lipinski definition) is 8. The molecule has 6 aromatic heterocycles. The minimum absolute atomic E-state index is 0. The Morgan fingerprint density at radius 1 is 0.529 bits per heavy atom. The van der Waals surface area contributed by atoms with Gasteiger partial charge in [-0.1, -0.05) is 15.6 Å². The van der Waals surface area contributed by atoms with Crippen molar-refractivity contribution in [2.45, 2.75) is 0 Å². The molecule has 0 atom stereocenters. The molecule has 0 saturated heterocycles. The molecule has 0 aliphatic heterocycles. The second-order valence-corrected chi connectivity index (χ2v) is 6.71. The topological polar surface area (TPSA) is 189 Å². The first-order valence-electron chi connectivity index (χ1n) is 9.59. The Kier molecular flexibility index (Phi) is 9.36. The first kappa shape index (κ1) is 25.6. The standard InChI is InChI=1S/2C6H7BN9.2Na/c2*1-4-14(11-8-1)7(15-5-2-9-12-15)16-6-3-10-13-16;;/h2*1-7H;;/q2*-1;2*+1/p+4. The Morgan fingerprint density at radius 2 is 1.03 bits per heavy atom. The minimum Gasteiger partial charge on any atom is -0.361 e. The normalized spacial score (nSPS) is 10.4. The predicted molar refractivity (Wildman–Crippen MR) is 102 cm³/mol. The first-order valence-corrected chi connectivity index (χ1v) is 9.59. The van der Waals surface area contributed by atoms with Crippen LogP contribution in [0.25, 0.3) is 0 Å². The van der Waals surface area contributed by atoms with Gasteiger partial charge >= 0.3 is 73.3 Å². The molecule has 0 radical (unpaired) electrons. The first-order chi connectivity index (χ1) is 15.9. The van der Waals surface area contributed by atoms with Crippen LogP contribution in [-0.4, -0.2) is 82.9 Å². The quantitative estimate of drug-likeness (QED) is 0.209. The van der Waals surface area contributed by atoms with Crippen LogP contribution in [0.4, 0.5) is 0 Å². The largest absolute Gasteiger partial charge is 1.00 e. The van der Waals surface area contributed by atoms with E-state index in [1.165, 1.54) is 0 Å². The minimum atomic E-state index is -1.28. The third-order valence-electron chi connectivity index (χ3n) is 4.76. The zero-order chi connectivity index (χ0) is 21.6. The molecule has 6 heterocycles. The summed E-state index contributed by atoms with van der Waals surface area (Å²) in [5, 5.41) is 42.8. The monoisotopic (exact) mass is 482 g/mol. The fourth-order valence-corrected chi connectivity index (χ4v) is 3.36. The predicted octanol–water partition coefficient (Wildman–Crippen LogP) is -12.1. The number of H-pyrrole nitrogens is 4. The van der Waals surface area contributed by atoms with Gasteiger partial charge in [0.15, 0.2) is 0 Å². The summed E-state index contributed by atoms with van der Waals surface area (Å²) in [5.74, 6) is 0. The fraction of sp³-hybridized carbons (Fsp3) is 0. The van der Waals surface area contributed by atoms with Gasteiger partial charge in [-0.25, -0.2) is 0 Å². The van der Waals surface area contributed by atoms with Gasteiger partial charge in [-0.15, -0.1) is 20.6 Å². The zero-order valence-corrected chi connectivity index (χ0v) is 22.6. The van der Waals surface area contributed by atoms with Gasteiger partial charge < -0.3 is 9.19 Å². The van der Waals surface area contributed by atoms with Crippen LogP contribution in [0.3, 0.4) is 0 Å². The van der Waals surface area contributed by atoms with Crippen molar-refractivity contribution in [3.8, 4) is 0 Å². The van der Waals surface area contributed by atoms with Crippen molar-refractivity contribution in [3.63, 3.8) is 0 Å². The van der Waals surface area contributed by atoms with Crippen LogP contribution in [0.5, 0.6) is 0 Å². The van der Waals surface area contributed by atoms with Crippen molar-refractivity contribution in [2.24, 2.45) is 0 Å². The van der Waals surface area contributed by atoms with Gasteiger partial charge in [-0.2, -0.15) is 5.10 Å². The van der Waals surface area contributed by atoms with Crippen LogP contribution >= 0.6 is 0 Å². The Bertz CT molecular complexity index is 1000. The van der Waals surface area contributed by atoms with Crippen LogP contribution in [0, 0.1) is 0 Å². The van der Waals surface area contributed by atoms with Gasteiger partial charge in [0, 0.05) is 51.5 Å². The van der Waals surface area contributed by atoms with E-state index in [0.29, 0.717) is 0 Å². The maximum atomic E-state index is 4.08. The molecule has 6 aromatic rings. The summed E-state index contributed by atoms with van der Waals surface area (Å²) in [6, 6.07) is 0. The maximum absolute atomic E-state index is 4.08. The second kappa shape index (κ2) is 12.4. The molecule has 4 N–H and O–H groups in total. The molecule has 18 nitrogen and oxygen atoms in total. The molecular weight excluding hydrogens is 464 g/mol. The zero-order valence-electron chi connectivity index (χ0n) is 18.6. The summed E-state index contributed by atoms with van der Waals surface area (Å²) in [7, 11) is -2.43. The van der Waals surface area contributed by atoms with Crippen LogP contribution in [-0.2, 0) is 0 Å². The van der Waals surface area contributed by atoms with E-state index >= 15 is 0 Å². The average molecular weight is 482 g/mol. The number of nitrogens with zero attached hydrogens (tertiary/aromatic N) is 14. The summed E-state index contributed by atoms with van der Waals surface area (Å²) < 4.78 is 10.8. The molecular formula is C12H18B2N18Na2+4. The second-order valence-electron chi connectivity index (χ2n) is 6.71. The third kappa shape index (κ3) is 5.72. The van der Waals surface area contributed by atoms with Crippen LogP contribution < -0.4 is 79.9 Å². The molecule has 34 heavy (non-hydrogen) atoms. The maximum Gasteiger partial charge on any atom is 1.00 e. The van der Waals surface area contributed by atoms with Gasteiger partial charge in [0.05, 0.1) is 12.4 Å². The molecule has 0 aliphatic rings. The van der Waals surface area contributed by atoms with Gasteiger partial charge in [0.25, 0.3) is 0 Å². The fourth-order valence-electron chi connectivity index (χ4n) is 3.36. The van der Waals surface area contributed by atoms with Crippen LogP contribution in [0.2, 0.25) is 0 Å². The smallest absolute Gasteiger partial charge is 0.361 e. The van der Waals surface area contributed by atoms with Crippen LogP contribution in [0.15, 0.2) is 74.4 Å². The third-order valence-corrected chi connectivity index (χ3v) is 4.76. The van der Waals surface area contributed by atoms with E-state index in [4.69, 9.17) is 0 Å². The summed E-state index contributed by atoms with van der Waals surface area (Å²) in [5.41, 5.74) is 0. The van der Waals surface area contributed by atoms with E-state index in [1.54, 1.807) is 63.4 Å². The number of hydrogen-bond donors (Lipinski definition) is 0. The number of aromatic nitrogens is 18. The van der Waals surface area contributed by atoms with E-state index in [9.17, 15) is 0 Å².